The number of pyridine rings is 1. The Hall–Kier alpha value is -2.12. The summed E-state index contributed by atoms with van der Waals surface area (Å²) in [5.41, 5.74) is 3.64. The van der Waals surface area contributed by atoms with Gasteiger partial charge in [-0.05, 0) is 37.6 Å². The van der Waals surface area contributed by atoms with Crippen molar-refractivity contribution >= 4 is 53.0 Å². The summed E-state index contributed by atoms with van der Waals surface area (Å²) in [7, 11) is 2.26. The van der Waals surface area contributed by atoms with Crippen LogP contribution in [-0.2, 0) is 6.42 Å². The Morgan fingerprint density at radius 2 is 1.88 bits per heavy atom. The first kappa shape index (κ1) is 26.5. The van der Waals surface area contributed by atoms with Crippen molar-refractivity contribution in [1.82, 2.24) is 19.8 Å². The lowest BCUT2D eigenvalue weighted by atomic mass is 10.0. The van der Waals surface area contributed by atoms with Crippen LogP contribution in [-0.4, -0.2) is 52.5 Å². The molecule has 3 aromatic rings. The van der Waals surface area contributed by atoms with Crippen LogP contribution >= 0.6 is 36.2 Å². The van der Waals surface area contributed by atoms with Gasteiger partial charge in [-0.3, -0.25) is 9.88 Å². The molecule has 1 aromatic carbocycles. The van der Waals surface area contributed by atoms with Gasteiger partial charge in [0.2, 0.25) is 0 Å². The number of nitrogens with zero attached hydrogens (tertiary/aromatic N) is 4. The van der Waals surface area contributed by atoms with Crippen molar-refractivity contribution in [3.63, 3.8) is 0 Å². The Labute approximate surface area is 218 Å². The molecule has 0 radical (unpaired) electrons. The second-order valence-electron chi connectivity index (χ2n) is 9.07. The molecule has 5 rings (SSSR count). The SMILES string of the molecule is CC(C)c1nc2c(s1)NC=c1cccnc1=C2N1CCN(C)C(CCc2ccccc2)C1.Cl.Cl. The molecular weight excluding hydrogens is 485 g/mol. The highest BCUT2D eigenvalue weighted by Crippen LogP contribution is 2.35. The number of aryl methyl sites for hydroxylation is 1. The van der Waals surface area contributed by atoms with Crippen LogP contribution in [0.2, 0.25) is 0 Å². The first-order valence-corrected chi connectivity index (χ1v) is 12.3. The van der Waals surface area contributed by atoms with Crippen LogP contribution < -0.4 is 15.9 Å². The third-order valence-electron chi connectivity index (χ3n) is 6.49. The number of benzene rings is 1. The number of likely N-dealkylation sites (N-methyl/N-ethyl adjacent to an activating group) is 1. The fourth-order valence-corrected chi connectivity index (χ4v) is 5.51. The van der Waals surface area contributed by atoms with E-state index in [4.69, 9.17) is 9.97 Å². The molecule has 1 N–H and O–H groups in total. The number of rotatable bonds is 5. The molecule has 1 atom stereocenters. The quantitative estimate of drug-likeness (QED) is 0.552. The van der Waals surface area contributed by atoms with Gasteiger partial charge >= 0.3 is 0 Å². The summed E-state index contributed by atoms with van der Waals surface area (Å²) in [5.74, 6) is 0.407. The van der Waals surface area contributed by atoms with E-state index >= 15 is 0 Å². The minimum Gasteiger partial charge on any atom is -0.365 e. The predicted octanol–water partition coefficient (Wildman–Crippen LogP) is 4.07. The lowest BCUT2D eigenvalue weighted by Gasteiger charge is -2.41. The molecule has 5 nitrogen and oxygen atoms in total. The molecule has 182 valence electrons. The van der Waals surface area contributed by atoms with Gasteiger partial charge < -0.3 is 10.2 Å². The van der Waals surface area contributed by atoms with Crippen molar-refractivity contribution in [3.8, 4) is 0 Å². The zero-order valence-corrected chi connectivity index (χ0v) is 22.3. The number of piperazine rings is 1. The molecule has 34 heavy (non-hydrogen) atoms. The molecule has 1 unspecified atom stereocenters. The molecule has 0 bridgehead atoms. The van der Waals surface area contributed by atoms with E-state index in [1.807, 2.05) is 12.3 Å². The first-order valence-electron chi connectivity index (χ1n) is 11.5. The van der Waals surface area contributed by atoms with Gasteiger partial charge in [-0.1, -0.05) is 44.2 Å². The van der Waals surface area contributed by atoms with Crippen molar-refractivity contribution in [2.45, 2.75) is 38.6 Å². The van der Waals surface area contributed by atoms with E-state index in [0.717, 1.165) is 53.7 Å². The van der Waals surface area contributed by atoms with Gasteiger partial charge in [0, 0.05) is 49.2 Å². The lowest BCUT2D eigenvalue weighted by molar-refractivity contribution is 0.127. The number of hydrogen-bond donors (Lipinski definition) is 1. The minimum atomic E-state index is 0. The number of nitrogens with one attached hydrogen (secondary N) is 1. The van der Waals surface area contributed by atoms with Gasteiger partial charge in [0.05, 0.1) is 16.1 Å². The first-order chi connectivity index (χ1) is 15.6. The molecular formula is C26H33Cl2N5S. The molecule has 2 aliphatic rings. The second-order valence-corrected chi connectivity index (χ2v) is 10.1. The largest absolute Gasteiger partial charge is 0.365 e. The zero-order valence-electron chi connectivity index (χ0n) is 19.9. The zero-order chi connectivity index (χ0) is 22.1. The van der Waals surface area contributed by atoms with Crippen LogP contribution in [0.15, 0.2) is 48.7 Å². The number of aromatic nitrogens is 2. The van der Waals surface area contributed by atoms with E-state index in [2.05, 4.69) is 78.6 Å². The monoisotopic (exact) mass is 517 g/mol. The molecule has 2 aromatic heterocycles. The number of thiazole rings is 1. The fourth-order valence-electron chi connectivity index (χ4n) is 4.57. The summed E-state index contributed by atoms with van der Waals surface area (Å²) in [4.78, 5) is 15.0. The standard InChI is InChI=1S/C26H31N5S.2ClH/c1-18(2)25-29-23-24(22-20(10-7-13-27-22)16-28-26(23)32-25)31-15-14-30(3)21(17-31)12-11-19-8-5-4-6-9-19;;/h4-10,13,16,18,21,28H,11-12,14-15,17H2,1-3H3;2*1H. The number of fused-ring (bicyclic) bond motifs is 2. The average Bonchev–Trinajstić information content (AvgIpc) is 3.17. The Morgan fingerprint density at radius 3 is 2.65 bits per heavy atom. The topological polar surface area (TPSA) is 44.3 Å². The van der Waals surface area contributed by atoms with Crippen molar-refractivity contribution < 1.29 is 0 Å². The molecule has 0 spiro atoms. The highest BCUT2D eigenvalue weighted by molar-refractivity contribution is 7.16. The van der Waals surface area contributed by atoms with Crippen LogP contribution in [0.4, 0.5) is 5.00 Å². The van der Waals surface area contributed by atoms with E-state index in [1.54, 1.807) is 11.3 Å². The maximum absolute atomic E-state index is 5.11. The minimum absolute atomic E-state index is 0. The summed E-state index contributed by atoms with van der Waals surface area (Å²) in [6.07, 6.45) is 6.23. The van der Waals surface area contributed by atoms with E-state index in [9.17, 15) is 0 Å². The van der Waals surface area contributed by atoms with Crippen molar-refractivity contribution in [3.05, 3.63) is 75.5 Å². The van der Waals surface area contributed by atoms with Gasteiger partial charge in [-0.15, -0.1) is 36.2 Å². The molecule has 1 saturated heterocycles. The normalized spacial score (nSPS) is 17.5. The third kappa shape index (κ3) is 5.41. The van der Waals surface area contributed by atoms with Crippen LogP contribution in [0.5, 0.6) is 0 Å². The summed E-state index contributed by atoms with van der Waals surface area (Å²) in [5, 5.41) is 7.98. The van der Waals surface area contributed by atoms with Crippen molar-refractivity contribution in [2.75, 3.05) is 32.0 Å². The molecule has 4 heterocycles. The number of halogens is 2. The van der Waals surface area contributed by atoms with Crippen LogP contribution in [0.3, 0.4) is 0 Å². The van der Waals surface area contributed by atoms with E-state index in [-0.39, 0.29) is 24.8 Å². The Kier molecular flexibility index (Phi) is 8.99. The molecule has 0 saturated carbocycles. The maximum Gasteiger partial charge on any atom is 0.124 e. The second kappa shape index (κ2) is 11.5. The van der Waals surface area contributed by atoms with Gasteiger partial charge in [-0.25, -0.2) is 4.98 Å². The van der Waals surface area contributed by atoms with E-state index < -0.39 is 0 Å². The molecule has 0 amide bonds. The molecule has 1 fully saturated rings. The smallest absolute Gasteiger partial charge is 0.124 e. The summed E-state index contributed by atoms with van der Waals surface area (Å²) < 4.78 is 0. The summed E-state index contributed by atoms with van der Waals surface area (Å²) in [6.45, 7) is 7.44. The van der Waals surface area contributed by atoms with Crippen LogP contribution in [0, 0.1) is 0 Å². The third-order valence-corrected chi connectivity index (χ3v) is 7.77. The Morgan fingerprint density at radius 1 is 1.09 bits per heavy atom. The number of anilines is 1. The van der Waals surface area contributed by atoms with E-state index in [0.29, 0.717) is 12.0 Å². The van der Waals surface area contributed by atoms with Crippen molar-refractivity contribution in [2.24, 2.45) is 0 Å². The molecule has 2 aliphatic heterocycles. The molecule has 0 aliphatic carbocycles. The highest BCUT2D eigenvalue weighted by atomic mass is 35.5. The van der Waals surface area contributed by atoms with Gasteiger partial charge in [0.25, 0.3) is 0 Å². The van der Waals surface area contributed by atoms with Gasteiger partial charge in [0.1, 0.15) is 10.7 Å². The van der Waals surface area contributed by atoms with Gasteiger partial charge in [-0.2, -0.15) is 0 Å². The van der Waals surface area contributed by atoms with Crippen LogP contribution in [0.1, 0.15) is 42.5 Å². The van der Waals surface area contributed by atoms with Crippen molar-refractivity contribution in [1.29, 1.82) is 0 Å². The van der Waals surface area contributed by atoms with Gasteiger partial charge in [0.15, 0.2) is 0 Å². The number of hydrogen-bond acceptors (Lipinski definition) is 6. The predicted molar refractivity (Wildman–Crippen MR) is 148 cm³/mol. The maximum atomic E-state index is 5.11. The summed E-state index contributed by atoms with van der Waals surface area (Å²) >= 11 is 1.76. The Bertz CT molecular complexity index is 1210. The Balaban J connectivity index is 0.00000162. The lowest BCUT2D eigenvalue weighted by Crippen LogP contribution is -2.52. The fraction of sp³-hybridized carbons (Fsp3) is 0.385. The summed E-state index contributed by atoms with van der Waals surface area (Å²) in [6, 6.07) is 15.5. The highest BCUT2D eigenvalue weighted by Gasteiger charge is 2.30. The molecule has 8 heteroatoms. The van der Waals surface area contributed by atoms with Crippen LogP contribution in [0.25, 0.3) is 11.9 Å². The average molecular weight is 519 g/mol. The van der Waals surface area contributed by atoms with E-state index in [1.165, 1.54) is 16.3 Å².